The van der Waals surface area contributed by atoms with Crippen LogP contribution in [0.4, 0.5) is 13.6 Å². The number of nitrogens with one attached hydrogen (secondary N) is 1. The molecular weight excluding hydrogens is 284 g/mol. The Kier molecular flexibility index (Phi) is 5.48. The van der Waals surface area contributed by atoms with Gasteiger partial charge in [0, 0.05) is 6.04 Å². The zero-order valence-corrected chi connectivity index (χ0v) is 11.1. The maximum Gasteiger partial charge on any atom is 0.407 e. The van der Waals surface area contributed by atoms with Gasteiger partial charge in [-0.2, -0.15) is 17.2 Å². The summed E-state index contributed by atoms with van der Waals surface area (Å²) in [5, 5.41) is -1.78. The van der Waals surface area contributed by atoms with Crippen molar-refractivity contribution in [3.63, 3.8) is 0 Å². The van der Waals surface area contributed by atoms with Gasteiger partial charge in [-0.05, 0) is 12.8 Å². The SMILES string of the molecule is O=C(NC1CCCCC1)OCCC(F)(F)S(=O)(=O)O. The molecule has 6 nitrogen and oxygen atoms in total. The maximum absolute atomic E-state index is 12.8. The Morgan fingerprint density at radius 1 is 1.32 bits per heavy atom. The molecule has 0 saturated heterocycles. The fourth-order valence-corrected chi connectivity index (χ4v) is 2.19. The number of alkyl halides is 2. The molecule has 2 N–H and O–H groups in total. The predicted molar refractivity (Wildman–Crippen MR) is 62.5 cm³/mol. The van der Waals surface area contributed by atoms with Crippen LogP contribution < -0.4 is 5.32 Å². The molecule has 0 atom stereocenters. The second kappa shape index (κ2) is 6.47. The quantitative estimate of drug-likeness (QED) is 0.757. The first-order chi connectivity index (χ1) is 8.72. The summed E-state index contributed by atoms with van der Waals surface area (Å²) in [6.07, 6.45) is 2.60. The standard InChI is InChI=1S/C10H17F2NO5S/c11-10(12,19(15,16)17)6-7-18-9(14)13-8-4-2-1-3-5-8/h8H,1-7H2,(H,13,14)(H,15,16,17). The molecule has 1 aliphatic rings. The molecule has 9 heteroatoms. The second-order valence-electron chi connectivity index (χ2n) is 4.48. The van der Waals surface area contributed by atoms with E-state index in [1.54, 1.807) is 0 Å². The van der Waals surface area contributed by atoms with E-state index in [0.717, 1.165) is 32.1 Å². The van der Waals surface area contributed by atoms with Gasteiger partial charge in [-0.25, -0.2) is 4.79 Å². The van der Waals surface area contributed by atoms with Crippen LogP contribution in [0.3, 0.4) is 0 Å². The van der Waals surface area contributed by atoms with E-state index >= 15 is 0 Å². The number of carbonyl (C=O) groups is 1. The van der Waals surface area contributed by atoms with E-state index in [0.29, 0.717) is 0 Å². The fourth-order valence-electron chi connectivity index (χ4n) is 1.85. The molecule has 0 spiro atoms. The van der Waals surface area contributed by atoms with Crippen molar-refractivity contribution < 1.29 is 31.3 Å². The second-order valence-corrected chi connectivity index (χ2v) is 6.03. The van der Waals surface area contributed by atoms with Crippen LogP contribution in [-0.4, -0.2) is 37.0 Å². The van der Waals surface area contributed by atoms with Crippen LogP contribution in [-0.2, 0) is 14.9 Å². The third-order valence-corrected chi connectivity index (χ3v) is 3.89. The molecule has 0 heterocycles. The van der Waals surface area contributed by atoms with Crippen LogP contribution in [0.1, 0.15) is 38.5 Å². The van der Waals surface area contributed by atoms with Crippen molar-refractivity contribution in [2.45, 2.75) is 49.8 Å². The zero-order chi connectivity index (χ0) is 14.5. The lowest BCUT2D eigenvalue weighted by molar-refractivity contribution is 0.0437. The minimum Gasteiger partial charge on any atom is -0.449 e. The molecule has 19 heavy (non-hydrogen) atoms. The van der Waals surface area contributed by atoms with Crippen LogP contribution in [0.2, 0.25) is 0 Å². The fraction of sp³-hybridized carbons (Fsp3) is 0.900. The summed E-state index contributed by atoms with van der Waals surface area (Å²) < 4.78 is 58.9. The molecule has 0 aliphatic heterocycles. The zero-order valence-electron chi connectivity index (χ0n) is 10.3. The number of rotatable bonds is 5. The van der Waals surface area contributed by atoms with E-state index < -0.39 is 34.5 Å². The van der Waals surface area contributed by atoms with Gasteiger partial charge in [0.15, 0.2) is 0 Å². The van der Waals surface area contributed by atoms with Gasteiger partial charge in [0.25, 0.3) is 0 Å². The van der Waals surface area contributed by atoms with Gasteiger partial charge in [-0.15, -0.1) is 0 Å². The highest BCUT2D eigenvalue weighted by Crippen LogP contribution is 2.24. The van der Waals surface area contributed by atoms with Gasteiger partial charge in [0.05, 0.1) is 6.42 Å². The highest BCUT2D eigenvalue weighted by atomic mass is 32.2. The van der Waals surface area contributed by atoms with Crippen molar-refractivity contribution >= 4 is 16.2 Å². The number of ether oxygens (including phenoxy) is 1. The molecule has 0 radical (unpaired) electrons. The van der Waals surface area contributed by atoms with Crippen molar-refractivity contribution in [2.24, 2.45) is 0 Å². The molecular formula is C10H17F2NO5S. The first-order valence-corrected chi connectivity index (χ1v) is 7.44. The van der Waals surface area contributed by atoms with Crippen LogP contribution in [0.25, 0.3) is 0 Å². The van der Waals surface area contributed by atoms with Crippen molar-refractivity contribution in [3.8, 4) is 0 Å². The molecule has 1 amide bonds. The largest absolute Gasteiger partial charge is 0.449 e. The van der Waals surface area contributed by atoms with Crippen molar-refractivity contribution in [3.05, 3.63) is 0 Å². The van der Waals surface area contributed by atoms with Gasteiger partial charge >= 0.3 is 21.5 Å². The normalized spacial score (nSPS) is 18.1. The monoisotopic (exact) mass is 301 g/mol. The Balaban J connectivity index is 2.27. The topological polar surface area (TPSA) is 92.7 Å². The number of carbonyl (C=O) groups excluding carboxylic acids is 1. The summed E-state index contributed by atoms with van der Waals surface area (Å²) in [4.78, 5) is 11.3. The van der Waals surface area contributed by atoms with E-state index in [1.807, 2.05) is 0 Å². The third-order valence-electron chi connectivity index (χ3n) is 2.93. The molecule has 0 bridgehead atoms. The number of halogens is 2. The van der Waals surface area contributed by atoms with E-state index in [9.17, 15) is 22.0 Å². The third kappa shape index (κ3) is 5.27. The predicted octanol–water partition coefficient (Wildman–Crippen LogP) is 1.92. The number of hydrogen-bond donors (Lipinski definition) is 2. The van der Waals surface area contributed by atoms with Gasteiger partial charge in [-0.1, -0.05) is 19.3 Å². The highest BCUT2D eigenvalue weighted by Gasteiger charge is 2.43. The van der Waals surface area contributed by atoms with E-state index in [4.69, 9.17) is 4.55 Å². The molecule has 1 saturated carbocycles. The molecule has 0 unspecified atom stereocenters. The Morgan fingerprint density at radius 2 is 1.89 bits per heavy atom. The molecule has 1 aliphatic carbocycles. The smallest absolute Gasteiger partial charge is 0.407 e. The first-order valence-electron chi connectivity index (χ1n) is 6.00. The van der Waals surface area contributed by atoms with Crippen LogP contribution >= 0.6 is 0 Å². The molecule has 0 aromatic carbocycles. The summed E-state index contributed by atoms with van der Waals surface area (Å²) in [5.41, 5.74) is 0. The van der Waals surface area contributed by atoms with E-state index in [2.05, 4.69) is 10.1 Å². The minimum atomic E-state index is -5.47. The Bertz CT molecular complexity index is 406. The van der Waals surface area contributed by atoms with Crippen molar-refractivity contribution in [2.75, 3.05) is 6.61 Å². The number of alkyl carbamates (subject to hydrolysis) is 1. The van der Waals surface area contributed by atoms with Gasteiger partial charge in [-0.3, -0.25) is 4.55 Å². The Labute approximate surface area is 110 Å². The van der Waals surface area contributed by atoms with Crippen LogP contribution in [0.15, 0.2) is 0 Å². The Morgan fingerprint density at radius 3 is 2.42 bits per heavy atom. The van der Waals surface area contributed by atoms with E-state index in [1.165, 1.54) is 0 Å². The average Bonchev–Trinajstić information content (AvgIpc) is 2.28. The lowest BCUT2D eigenvalue weighted by atomic mass is 9.96. The first kappa shape index (κ1) is 16.1. The molecule has 112 valence electrons. The lowest BCUT2D eigenvalue weighted by Crippen LogP contribution is -2.37. The van der Waals surface area contributed by atoms with Crippen molar-refractivity contribution in [1.29, 1.82) is 0 Å². The molecule has 0 aromatic heterocycles. The molecule has 1 rings (SSSR count). The minimum absolute atomic E-state index is 0.0247. The van der Waals surface area contributed by atoms with Crippen molar-refractivity contribution in [1.82, 2.24) is 5.32 Å². The van der Waals surface area contributed by atoms with Gasteiger partial charge in [0.2, 0.25) is 0 Å². The van der Waals surface area contributed by atoms with Gasteiger partial charge in [0.1, 0.15) is 6.61 Å². The van der Waals surface area contributed by atoms with E-state index in [-0.39, 0.29) is 6.04 Å². The summed E-state index contributed by atoms with van der Waals surface area (Å²) in [5.74, 6) is 0. The van der Waals surface area contributed by atoms with Gasteiger partial charge < -0.3 is 10.1 Å². The molecule has 0 aromatic rings. The lowest BCUT2D eigenvalue weighted by Gasteiger charge is -2.22. The molecule has 1 fully saturated rings. The van der Waals surface area contributed by atoms with Crippen LogP contribution in [0, 0.1) is 0 Å². The summed E-state index contributed by atoms with van der Waals surface area (Å²) in [6, 6.07) is -0.0247. The Hall–Kier alpha value is -0.960. The summed E-state index contributed by atoms with van der Waals surface area (Å²) in [7, 11) is -5.47. The highest BCUT2D eigenvalue weighted by molar-refractivity contribution is 7.86. The van der Waals surface area contributed by atoms with Crippen LogP contribution in [0.5, 0.6) is 0 Å². The summed E-state index contributed by atoms with van der Waals surface area (Å²) >= 11 is 0. The number of hydrogen-bond acceptors (Lipinski definition) is 4. The average molecular weight is 301 g/mol. The number of amides is 1. The summed E-state index contributed by atoms with van der Waals surface area (Å²) in [6.45, 7) is -0.786. The maximum atomic E-state index is 12.8.